The van der Waals surface area contributed by atoms with Crippen LogP contribution in [0, 0.1) is 0 Å². The highest BCUT2D eigenvalue weighted by Gasteiger charge is 2.19. The molecule has 0 saturated carbocycles. The first-order chi connectivity index (χ1) is 15.4. The smallest absolute Gasteiger partial charge is 0.146 e. The molecular weight excluding hydrogens is 386 g/mol. The summed E-state index contributed by atoms with van der Waals surface area (Å²) < 4.78 is 14.6. The SMILES string of the molecule is c1ccc2c(c1)oc1cc3c(cc12)oc1ccc2c(c4ncccc4c4nccn24)c13. The van der Waals surface area contributed by atoms with Gasteiger partial charge in [0.05, 0.1) is 11.0 Å². The fourth-order valence-electron chi connectivity index (χ4n) is 5.00. The zero-order valence-electron chi connectivity index (χ0n) is 16.2. The second-order valence-corrected chi connectivity index (χ2v) is 7.90. The number of aromatic nitrogens is 3. The average Bonchev–Trinajstić information content (AvgIpc) is 3.52. The van der Waals surface area contributed by atoms with Crippen molar-refractivity contribution in [3.63, 3.8) is 0 Å². The van der Waals surface area contributed by atoms with Gasteiger partial charge in [0.25, 0.3) is 0 Å². The summed E-state index contributed by atoms with van der Waals surface area (Å²) in [6.07, 6.45) is 5.66. The van der Waals surface area contributed by atoms with Crippen LogP contribution < -0.4 is 0 Å². The molecule has 8 aromatic rings. The Bertz CT molecular complexity index is 2010. The van der Waals surface area contributed by atoms with Crippen LogP contribution in [-0.4, -0.2) is 14.4 Å². The zero-order chi connectivity index (χ0) is 20.1. The lowest BCUT2D eigenvalue weighted by Crippen LogP contribution is -1.92. The lowest BCUT2D eigenvalue weighted by molar-refractivity contribution is 0.664. The van der Waals surface area contributed by atoms with E-state index in [1.165, 1.54) is 0 Å². The van der Waals surface area contributed by atoms with Crippen LogP contribution in [0.2, 0.25) is 0 Å². The Labute approximate surface area is 174 Å². The summed E-state index contributed by atoms with van der Waals surface area (Å²) in [5.74, 6) is 0. The number of imidazole rings is 1. The van der Waals surface area contributed by atoms with Gasteiger partial charge in [-0.1, -0.05) is 18.2 Å². The minimum Gasteiger partial charge on any atom is -0.456 e. The summed E-state index contributed by atoms with van der Waals surface area (Å²) in [5, 5.41) is 6.32. The predicted octanol–water partition coefficient (Wildman–Crippen LogP) is 6.83. The monoisotopic (exact) mass is 399 g/mol. The molecule has 5 heteroatoms. The van der Waals surface area contributed by atoms with E-state index in [0.717, 1.165) is 71.3 Å². The van der Waals surface area contributed by atoms with Crippen molar-refractivity contribution < 1.29 is 8.83 Å². The standard InChI is InChI=1S/C26H13N3O2/c1-2-6-19-14(4-1)16-12-22-17(13-21(16)30-19)23-20(31-22)8-7-18-24(23)25-15(5-3-9-27-25)26-28-10-11-29(18)26/h1-13H. The Morgan fingerprint density at radius 1 is 0.613 bits per heavy atom. The van der Waals surface area contributed by atoms with Crippen molar-refractivity contribution in [3.8, 4) is 0 Å². The normalized spacial score (nSPS) is 12.5. The van der Waals surface area contributed by atoms with Crippen LogP contribution in [-0.2, 0) is 0 Å². The number of benzene rings is 3. The van der Waals surface area contributed by atoms with Gasteiger partial charge in [0.2, 0.25) is 0 Å². The summed E-state index contributed by atoms with van der Waals surface area (Å²) in [6, 6.07) is 20.4. The first-order valence-corrected chi connectivity index (χ1v) is 10.2. The lowest BCUT2D eigenvalue weighted by atomic mass is 10.0. The Balaban J connectivity index is 1.67. The quantitative estimate of drug-likeness (QED) is 0.262. The highest BCUT2D eigenvalue weighted by atomic mass is 16.3. The van der Waals surface area contributed by atoms with Gasteiger partial charge in [0, 0.05) is 50.9 Å². The maximum Gasteiger partial charge on any atom is 0.146 e. The molecule has 0 unspecified atom stereocenters. The molecule has 0 fully saturated rings. The van der Waals surface area contributed by atoms with E-state index in [-0.39, 0.29) is 0 Å². The van der Waals surface area contributed by atoms with Crippen molar-refractivity contribution in [2.75, 3.05) is 0 Å². The molecule has 0 N–H and O–H groups in total. The third-order valence-electron chi connectivity index (χ3n) is 6.30. The van der Waals surface area contributed by atoms with Crippen LogP contribution in [0.4, 0.5) is 0 Å². The van der Waals surface area contributed by atoms with E-state index < -0.39 is 0 Å². The molecule has 0 atom stereocenters. The van der Waals surface area contributed by atoms with Gasteiger partial charge in [0.15, 0.2) is 0 Å². The summed E-state index contributed by atoms with van der Waals surface area (Å²) >= 11 is 0. The second-order valence-electron chi connectivity index (χ2n) is 7.90. The van der Waals surface area contributed by atoms with Crippen molar-refractivity contribution in [3.05, 3.63) is 79.3 Å². The molecule has 0 aliphatic rings. The molecule has 144 valence electrons. The van der Waals surface area contributed by atoms with Gasteiger partial charge in [-0.2, -0.15) is 0 Å². The summed E-state index contributed by atoms with van der Waals surface area (Å²) in [5.41, 5.74) is 6.30. The predicted molar refractivity (Wildman–Crippen MR) is 123 cm³/mol. The second kappa shape index (κ2) is 5.21. The van der Waals surface area contributed by atoms with Gasteiger partial charge < -0.3 is 8.83 Å². The van der Waals surface area contributed by atoms with Gasteiger partial charge in [0.1, 0.15) is 28.0 Å². The number of nitrogens with zero attached hydrogens (tertiary/aromatic N) is 3. The van der Waals surface area contributed by atoms with E-state index in [2.05, 4.69) is 39.7 Å². The lowest BCUT2D eigenvalue weighted by Gasteiger charge is -2.08. The first kappa shape index (κ1) is 15.5. The minimum absolute atomic E-state index is 0.839. The molecule has 0 spiro atoms. The summed E-state index contributed by atoms with van der Waals surface area (Å²) in [6.45, 7) is 0. The molecule has 5 nitrogen and oxygen atoms in total. The van der Waals surface area contributed by atoms with Crippen LogP contribution in [0.3, 0.4) is 0 Å². The Morgan fingerprint density at radius 3 is 2.45 bits per heavy atom. The van der Waals surface area contributed by atoms with Gasteiger partial charge in [-0.05, 0) is 42.5 Å². The summed E-state index contributed by atoms with van der Waals surface area (Å²) in [7, 11) is 0. The fourth-order valence-corrected chi connectivity index (χ4v) is 5.00. The van der Waals surface area contributed by atoms with Gasteiger partial charge in [-0.15, -0.1) is 0 Å². The van der Waals surface area contributed by atoms with E-state index in [9.17, 15) is 0 Å². The first-order valence-electron chi connectivity index (χ1n) is 10.2. The number of hydrogen-bond acceptors (Lipinski definition) is 4. The number of pyridine rings is 2. The van der Waals surface area contributed by atoms with Crippen LogP contribution >= 0.6 is 0 Å². The van der Waals surface area contributed by atoms with Gasteiger partial charge in [-0.3, -0.25) is 9.38 Å². The van der Waals surface area contributed by atoms with E-state index in [1.54, 1.807) is 0 Å². The van der Waals surface area contributed by atoms with E-state index in [1.807, 2.05) is 48.9 Å². The molecule has 0 aliphatic heterocycles. The molecule has 0 amide bonds. The number of hydrogen-bond donors (Lipinski definition) is 0. The topological polar surface area (TPSA) is 56.5 Å². The largest absolute Gasteiger partial charge is 0.456 e. The van der Waals surface area contributed by atoms with Crippen LogP contribution in [0.5, 0.6) is 0 Å². The number of fused-ring (bicyclic) bond motifs is 13. The number of para-hydroxylation sites is 1. The van der Waals surface area contributed by atoms with Gasteiger partial charge in [-0.25, -0.2) is 4.98 Å². The molecule has 31 heavy (non-hydrogen) atoms. The molecule has 0 radical (unpaired) electrons. The molecule has 3 aromatic carbocycles. The molecule has 0 aliphatic carbocycles. The Hall–Kier alpha value is -4.38. The van der Waals surface area contributed by atoms with E-state index >= 15 is 0 Å². The van der Waals surface area contributed by atoms with Crippen molar-refractivity contribution in [1.82, 2.24) is 14.4 Å². The fraction of sp³-hybridized carbons (Fsp3) is 0. The Morgan fingerprint density at radius 2 is 1.45 bits per heavy atom. The number of furan rings is 2. The van der Waals surface area contributed by atoms with Crippen molar-refractivity contribution in [2.24, 2.45) is 0 Å². The highest BCUT2D eigenvalue weighted by Crippen LogP contribution is 2.41. The van der Waals surface area contributed by atoms with Crippen LogP contribution in [0.1, 0.15) is 0 Å². The van der Waals surface area contributed by atoms with Crippen molar-refractivity contribution in [2.45, 2.75) is 0 Å². The minimum atomic E-state index is 0.839. The summed E-state index contributed by atoms with van der Waals surface area (Å²) in [4.78, 5) is 9.33. The number of rotatable bonds is 0. The zero-order valence-corrected chi connectivity index (χ0v) is 16.2. The molecule has 0 bridgehead atoms. The van der Waals surface area contributed by atoms with E-state index in [4.69, 9.17) is 13.8 Å². The molecule has 8 rings (SSSR count). The maximum absolute atomic E-state index is 6.34. The van der Waals surface area contributed by atoms with Crippen molar-refractivity contribution >= 4 is 71.3 Å². The Kier molecular flexibility index (Phi) is 2.60. The third kappa shape index (κ3) is 1.82. The molecule has 5 aromatic heterocycles. The molecule has 5 heterocycles. The van der Waals surface area contributed by atoms with Gasteiger partial charge >= 0.3 is 0 Å². The average molecular weight is 399 g/mol. The van der Waals surface area contributed by atoms with Crippen LogP contribution in [0.15, 0.2) is 88.1 Å². The van der Waals surface area contributed by atoms with Crippen LogP contribution in [0.25, 0.3) is 71.3 Å². The highest BCUT2D eigenvalue weighted by molar-refractivity contribution is 6.28. The van der Waals surface area contributed by atoms with E-state index in [0.29, 0.717) is 0 Å². The molecule has 0 saturated heterocycles. The maximum atomic E-state index is 6.34. The van der Waals surface area contributed by atoms with Crippen molar-refractivity contribution in [1.29, 1.82) is 0 Å². The molecular formula is C26H13N3O2. The third-order valence-corrected chi connectivity index (χ3v) is 6.30.